The highest BCUT2D eigenvalue weighted by Crippen LogP contribution is 2.41. The van der Waals surface area contributed by atoms with Gasteiger partial charge >= 0.3 is 0 Å². The van der Waals surface area contributed by atoms with Crippen molar-refractivity contribution in [3.05, 3.63) is 94.6 Å². The molecule has 0 radical (unpaired) electrons. The van der Waals surface area contributed by atoms with Crippen LogP contribution in [0, 0.1) is 11.6 Å². The number of carbonyl (C=O) groups excluding carboxylic acids is 1. The highest BCUT2D eigenvalue weighted by molar-refractivity contribution is 5.95. The fraction of sp³-hybridized carbons (Fsp3) is 0.208. The first-order chi connectivity index (χ1) is 14.5. The molecule has 1 amide bonds. The Balaban J connectivity index is 1.85. The van der Waals surface area contributed by atoms with Crippen molar-refractivity contribution >= 4 is 5.91 Å². The van der Waals surface area contributed by atoms with Gasteiger partial charge in [-0.15, -0.1) is 0 Å². The fourth-order valence-electron chi connectivity index (χ4n) is 3.98. The van der Waals surface area contributed by atoms with Crippen molar-refractivity contribution in [2.45, 2.75) is 12.5 Å². The lowest BCUT2D eigenvalue weighted by Crippen LogP contribution is -2.41. The highest BCUT2D eigenvalue weighted by Gasteiger charge is 2.34. The van der Waals surface area contributed by atoms with Gasteiger partial charge in [0.05, 0.1) is 25.8 Å². The van der Waals surface area contributed by atoms with Gasteiger partial charge in [0.15, 0.2) is 11.5 Å². The van der Waals surface area contributed by atoms with Gasteiger partial charge < -0.3 is 14.4 Å². The summed E-state index contributed by atoms with van der Waals surface area (Å²) in [4.78, 5) is 14.9. The van der Waals surface area contributed by atoms with Gasteiger partial charge in [-0.3, -0.25) is 4.79 Å². The van der Waals surface area contributed by atoms with E-state index < -0.39 is 23.6 Å². The third-order valence-electron chi connectivity index (χ3n) is 5.41. The molecule has 1 aliphatic heterocycles. The lowest BCUT2D eigenvalue weighted by Gasteiger charge is -2.38. The van der Waals surface area contributed by atoms with Crippen LogP contribution in [0.2, 0.25) is 0 Å². The van der Waals surface area contributed by atoms with Crippen molar-refractivity contribution in [2.24, 2.45) is 0 Å². The van der Waals surface area contributed by atoms with E-state index in [1.807, 2.05) is 42.5 Å². The van der Waals surface area contributed by atoms with Crippen molar-refractivity contribution in [1.29, 1.82) is 0 Å². The Bertz CT molecular complexity index is 1090. The second-order valence-corrected chi connectivity index (χ2v) is 7.09. The number of rotatable bonds is 4. The Morgan fingerprint density at radius 2 is 1.67 bits per heavy atom. The summed E-state index contributed by atoms with van der Waals surface area (Å²) >= 11 is 0. The molecule has 0 aliphatic carbocycles. The van der Waals surface area contributed by atoms with Gasteiger partial charge in [0.25, 0.3) is 5.91 Å². The number of nitrogens with zero attached hydrogens (tertiary/aromatic N) is 1. The Morgan fingerprint density at radius 3 is 2.33 bits per heavy atom. The first kappa shape index (κ1) is 19.9. The first-order valence-corrected chi connectivity index (χ1v) is 9.59. The quantitative estimate of drug-likeness (QED) is 0.623. The molecule has 6 heteroatoms. The minimum Gasteiger partial charge on any atom is -0.493 e. The standard InChI is InChI=1S/C24H21F2NO3/c1-29-21-12-16-10-11-27(24(28)18-9-8-17(25)13-20(18)26)23(15-6-4-3-5-7-15)19(16)14-22(21)30-2/h3-9,12-14,23H,10-11H2,1-2H3. The largest absolute Gasteiger partial charge is 0.493 e. The van der Waals surface area contributed by atoms with Crippen LogP contribution in [0.1, 0.15) is 33.1 Å². The number of amides is 1. The molecule has 0 aromatic heterocycles. The molecule has 0 saturated carbocycles. The molecule has 3 aromatic rings. The van der Waals surface area contributed by atoms with Gasteiger partial charge in [-0.05, 0) is 47.4 Å². The van der Waals surface area contributed by atoms with Crippen LogP contribution in [0.3, 0.4) is 0 Å². The number of carbonyl (C=O) groups is 1. The predicted molar refractivity (Wildman–Crippen MR) is 109 cm³/mol. The average molecular weight is 409 g/mol. The summed E-state index contributed by atoms with van der Waals surface area (Å²) in [5, 5.41) is 0. The molecule has 1 unspecified atom stereocenters. The van der Waals surface area contributed by atoms with Crippen molar-refractivity contribution in [3.8, 4) is 11.5 Å². The highest BCUT2D eigenvalue weighted by atomic mass is 19.1. The fourth-order valence-corrected chi connectivity index (χ4v) is 3.98. The lowest BCUT2D eigenvalue weighted by atomic mass is 9.87. The molecule has 0 bridgehead atoms. The monoisotopic (exact) mass is 409 g/mol. The van der Waals surface area contributed by atoms with Gasteiger partial charge in [-0.1, -0.05) is 30.3 Å². The summed E-state index contributed by atoms with van der Waals surface area (Å²) in [7, 11) is 3.14. The zero-order chi connectivity index (χ0) is 21.3. The van der Waals surface area contributed by atoms with Gasteiger partial charge in [-0.2, -0.15) is 0 Å². The summed E-state index contributed by atoms with van der Waals surface area (Å²) < 4.78 is 38.6. The maximum atomic E-state index is 14.4. The third-order valence-corrected chi connectivity index (χ3v) is 5.41. The molecule has 0 fully saturated rings. The summed E-state index contributed by atoms with van der Waals surface area (Å²) in [6.45, 7) is 0.387. The van der Waals surface area contributed by atoms with E-state index in [-0.39, 0.29) is 5.56 Å². The zero-order valence-corrected chi connectivity index (χ0v) is 16.7. The van der Waals surface area contributed by atoms with Crippen molar-refractivity contribution in [3.63, 3.8) is 0 Å². The van der Waals surface area contributed by atoms with Crippen LogP contribution in [-0.2, 0) is 6.42 Å². The summed E-state index contributed by atoms with van der Waals surface area (Å²) in [5.74, 6) is -0.900. The first-order valence-electron chi connectivity index (χ1n) is 9.59. The zero-order valence-electron chi connectivity index (χ0n) is 16.7. The maximum absolute atomic E-state index is 14.4. The minimum absolute atomic E-state index is 0.152. The third kappa shape index (κ3) is 3.49. The number of benzene rings is 3. The van der Waals surface area contributed by atoms with E-state index in [1.54, 1.807) is 19.1 Å². The molecule has 1 aliphatic rings. The molecule has 4 nitrogen and oxygen atoms in total. The van der Waals surface area contributed by atoms with Gasteiger partial charge in [0, 0.05) is 12.6 Å². The van der Waals surface area contributed by atoms with Crippen LogP contribution in [0.4, 0.5) is 8.78 Å². The summed E-state index contributed by atoms with van der Waals surface area (Å²) in [6, 6.07) is 15.9. The maximum Gasteiger partial charge on any atom is 0.257 e. The molecule has 4 rings (SSSR count). The van der Waals surface area contributed by atoms with Crippen LogP contribution in [-0.4, -0.2) is 31.6 Å². The number of hydrogen-bond donors (Lipinski definition) is 0. The lowest BCUT2D eigenvalue weighted by molar-refractivity contribution is 0.0689. The second-order valence-electron chi connectivity index (χ2n) is 7.09. The molecule has 1 heterocycles. The number of hydrogen-bond acceptors (Lipinski definition) is 3. The molecule has 3 aromatic carbocycles. The van der Waals surface area contributed by atoms with E-state index in [2.05, 4.69) is 0 Å². The summed E-state index contributed by atoms with van der Waals surface area (Å²) in [6.07, 6.45) is 0.577. The molecule has 30 heavy (non-hydrogen) atoms. The van der Waals surface area contributed by atoms with E-state index in [0.29, 0.717) is 24.5 Å². The Kier molecular flexibility index (Phi) is 5.40. The molecule has 0 saturated heterocycles. The van der Waals surface area contributed by atoms with Crippen LogP contribution >= 0.6 is 0 Å². The van der Waals surface area contributed by atoms with E-state index in [0.717, 1.165) is 28.8 Å². The Morgan fingerprint density at radius 1 is 0.967 bits per heavy atom. The minimum atomic E-state index is -0.870. The topological polar surface area (TPSA) is 38.8 Å². The van der Waals surface area contributed by atoms with Crippen molar-refractivity contribution in [2.75, 3.05) is 20.8 Å². The molecule has 0 spiro atoms. The number of fused-ring (bicyclic) bond motifs is 1. The smallest absolute Gasteiger partial charge is 0.257 e. The van der Waals surface area contributed by atoms with Gasteiger partial charge in [0.2, 0.25) is 0 Å². The van der Waals surface area contributed by atoms with Crippen LogP contribution in [0.15, 0.2) is 60.7 Å². The molecule has 0 N–H and O–H groups in total. The van der Waals surface area contributed by atoms with Crippen LogP contribution < -0.4 is 9.47 Å². The van der Waals surface area contributed by atoms with E-state index in [1.165, 1.54) is 6.07 Å². The Hall–Kier alpha value is -3.41. The predicted octanol–water partition coefficient (Wildman–Crippen LogP) is 4.77. The second kappa shape index (κ2) is 8.14. The molecule has 1 atom stereocenters. The summed E-state index contributed by atoms with van der Waals surface area (Å²) in [5.41, 5.74) is 2.66. The Labute approximate surface area is 173 Å². The van der Waals surface area contributed by atoms with E-state index in [9.17, 15) is 13.6 Å². The number of halogens is 2. The average Bonchev–Trinajstić information content (AvgIpc) is 2.77. The van der Waals surface area contributed by atoms with Crippen LogP contribution in [0.5, 0.6) is 11.5 Å². The van der Waals surface area contributed by atoms with Gasteiger partial charge in [0.1, 0.15) is 11.6 Å². The molecular formula is C24H21F2NO3. The van der Waals surface area contributed by atoms with Gasteiger partial charge in [-0.25, -0.2) is 8.78 Å². The number of methoxy groups -OCH3 is 2. The number of ether oxygens (including phenoxy) is 2. The SMILES string of the molecule is COc1cc2c(cc1OC)C(c1ccccc1)N(C(=O)c1ccc(F)cc1F)CC2. The van der Waals surface area contributed by atoms with Crippen molar-refractivity contribution in [1.82, 2.24) is 4.90 Å². The van der Waals surface area contributed by atoms with E-state index in [4.69, 9.17) is 9.47 Å². The molecule has 154 valence electrons. The molecular weight excluding hydrogens is 388 g/mol. The van der Waals surface area contributed by atoms with Crippen molar-refractivity contribution < 1.29 is 23.0 Å². The van der Waals surface area contributed by atoms with E-state index >= 15 is 0 Å². The van der Waals surface area contributed by atoms with Crippen LogP contribution in [0.25, 0.3) is 0 Å². The normalized spacial score (nSPS) is 15.5.